The van der Waals surface area contributed by atoms with Crippen LogP contribution in [0, 0.1) is 20.8 Å². The van der Waals surface area contributed by atoms with E-state index in [4.69, 9.17) is 9.97 Å². The van der Waals surface area contributed by atoms with Gasteiger partial charge in [0.2, 0.25) is 0 Å². The van der Waals surface area contributed by atoms with E-state index in [9.17, 15) is 0 Å². The quantitative estimate of drug-likeness (QED) is 0.329. The summed E-state index contributed by atoms with van der Waals surface area (Å²) < 4.78 is 2.26. The minimum absolute atomic E-state index is 0. The number of hydrogen-bond acceptors (Lipinski definition) is 2. The molecule has 0 aliphatic carbocycles. The Kier molecular flexibility index (Phi) is 4.80. The Morgan fingerprint density at radius 3 is 2.00 bits per heavy atom. The van der Waals surface area contributed by atoms with Gasteiger partial charge in [0.1, 0.15) is 0 Å². The average Bonchev–Trinajstić information content (AvgIpc) is 3.43. The second-order valence-electron chi connectivity index (χ2n) is 7.52. The number of H-pyrrole nitrogens is 1. The van der Waals surface area contributed by atoms with E-state index >= 15 is 0 Å². The van der Waals surface area contributed by atoms with E-state index in [-0.39, 0.29) is 16.5 Å². The Labute approximate surface area is 180 Å². The molecule has 1 N–H and O–H groups in total. The molecule has 2 aliphatic rings. The third kappa shape index (κ3) is 3.26. The molecule has 8 bridgehead atoms. The van der Waals surface area contributed by atoms with Crippen LogP contribution >= 0.6 is 0 Å². The van der Waals surface area contributed by atoms with Crippen molar-refractivity contribution in [1.29, 1.82) is 0 Å². The van der Waals surface area contributed by atoms with Crippen molar-refractivity contribution in [2.75, 3.05) is 0 Å². The summed E-state index contributed by atoms with van der Waals surface area (Å²) in [6.07, 6.45) is 8.31. The second-order valence-corrected chi connectivity index (χ2v) is 7.52. The maximum atomic E-state index is 4.85. The Morgan fingerprint density at radius 1 is 0.724 bits per heavy atom. The minimum Gasteiger partial charge on any atom is -0.355 e. The van der Waals surface area contributed by atoms with Crippen LogP contribution in [0.25, 0.3) is 46.4 Å². The first-order chi connectivity index (χ1) is 13.5. The van der Waals surface area contributed by atoms with Gasteiger partial charge in [-0.2, -0.15) is 0 Å². The normalized spacial score (nSPS) is 12.3. The van der Waals surface area contributed by atoms with Crippen LogP contribution in [0.2, 0.25) is 0 Å². The first kappa shape index (κ1) is 19.4. The van der Waals surface area contributed by atoms with Crippen LogP contribution < -0.4 is 0 Å². The molecule has 0 radical (unpaired) electrons. The van der Waals surface area contributed by atoms with Crippen molar-refractivity contribution in [1.82, 2.24) is 19.5 Å². The van der Waals surface area contributed by atoms with Gasteiger partial charge in [-0.25, -0.2) is 9.97 Å². The van der Waals surface area contributed by atoms with Crippen molar-refractivity contribution >= 4 is 46.4 Å². The van der Waals surface area contributed by atoms with Crippen molar-refractivity contribution in [2.45, 2.75) is 20.8 Å². The smallest absolute Gasteiger partial charge is 0.0687 e. The number of aromatic nitrogens is 4. The monoisotopic (exact) mass is 424 g/mol. The maximum absolute atomic E-state index is 4.85. The summed E-state index contributed by atoms with van der Waals surface area (Å²) in [5, 5.41) is 0. The van der Waals surface area contributed by atoms with Crippen molar-refractivity contribution < 1.29 is 16.5 Å². The van der Waals surface area contributed by atoms with Crippen molar-refractivity contribution in [2.24, 2.45) is 7.05 Å². The van der Waals surface area contributed by atoms with Crippen LogP contribution in [0.4, 0.5) is 0 Å². The number of aryl methyl sites for hydroxylation is 4. The van der Waals surface area contributed by atoms with Gasteiger partial charge in [-0.15, -0.1) is 0 Å². The molecule has 2 aliphatic heterocycles. The zero-order valence-corrected chi connectivity index (χ0v) is 17.8. The third-order valence-electron chi connectivity index (χ3n) is 5.71. The summed E-state index contributed by atoms with van der Waals surface area (Å²) in [6.45, 7) is 6.52. The summed E-state index contributed by atoms with van der Waals surface area (Å²) >= 11 is 0. The first-order valence-corrected chi connectivity index (χ1v) is 9.50. The fourth-order valence-corrected chi connectivity index (χ4v) is 4.13. The van der Waals surface area contributed by atoms with Gasteiger partial charge >= 0.3 is 0 Å². The SMILES string of the molecule is Cc1c(C)c2c(C)c3nc(cc4ccc(cc5nc(cc1n2C)C=C5)[nH]4)C=C3.[Ni]. The molecule has 0 fully saturated rings. The van der Waals surface area contributed by atoms with E-state index in [2.05, 4.69) is 92.0 Å². The molecular formula is C24H22N4Ni. The predicted octanol–water partition coefficient (Wildman–Crippen LogP) is 5.59. The topological polar surface area (TPSA) is 46.5 Å². The Hall–Kier alpha value is -2.91. The molecule has 0 amide bonds. The van der Waals surface area contributed by atoms with Gasteiger partial charge in [-0.05, 0) is 92.1 Å². The summed E-state index contributed by atoms with van der Waals surface area (Å²) in [4.78, 5) is 13.0. The molecular weight excluding hydrogens is 403 g/mol. The van der Waals surface area contributed by atoms with Gasteiger partial charge < -0.3 is 9.55 Å². The first-order valence-electron chi connectivity index (χ1n) is 9.50. The molecule has 148 valence electrons. The molecule has 0 saturated heterocycles. The maximum Gasteiger partial charge on any atom is 0.0687 e. The van der Waals surface area contributed by atoms with Gasteiger partial charge in [0.25, 0.3) is 0 Å². The van der Waals surface area contributed by atoms with E-state index in [1.807, 2.05) is 0 Å². The molecule has 0 atom stereocenters. The molecule has 5 heteroatoms. The molecule has 0 unspecified atom stereocenters. The third-order valence-corrected chi connectivity index (χ3v) is 5.71. The second kappa shape index (κ2) is 7.16. The van der Waals surface area contributed by atoms with Crippen LogP contribution in [-0.4, -0.2) is 19.5 Å². The van der Waals surface area contributed by atoms with Gasteiger partial charge in [0.15, 0.2) is 0 Å². The standard InChI is InChI=1S/C24H22N4.Ni/c1-14-15(2)24-16(3)22-10-9-20(27-22)12-19-6-5-17(25-19)11-18-7-8-21(26-18)13-23(14)28(24)4;/h5-13,25H,1-4H3;. The fraction of sp³-hybridized carbons (Fsp3) is 0.167. The van der Waals surface area contributed by atoms with Crippen molar-refractivity contribution in [3.63, 3.8) is 0 Å². The van der Waals surface area contributed by atoms with E-state index in [1.54, 1.807) is 0 Å². The molecule has 0 saturated carbocycles. The van der Waals surface area contributed by atoms with Crippen LogP contribution in [0.1, 0.15) is 39.5 Å². The number of rotatable bonds is 0. The molecule has 5 rings (SSSR count). The number of nitrogens with zero attached hydrogens (tertiary/aromatic N) is 3. The zero-order chi connectivity index (χ0) is 19.4. The average molecular weight is 425 g/mol. The molecule has 3 aromatic rings. The predicted molar refractivity (Wildman–Crippen MR) is 118 cm³/mol. The Balaban J connectivity index is 0.00000205. The van der Waals surface area contributed by atoms with Gasteiger partial charge in [-0.3, -0.25) is 0 Å². The Bertz CT molecular complexity index is 1350. The largest absolute Gasteiger partial charge is 0.355 e. The fourth-order valence-electron chi connectivity index (χ4n) is 4.13. The van der Waals surface area contributed by atoms with Crippen LogP contribution in [0.15, 0.2) is 30.3 Å². The van der Waals surface area contributed by atoms with Gasteiger partial charge in [0.05, 0.1) is 22.8 Å². The summed E-state index contributed by atoms with van der Waals surface area (Å²) in [7, 11) is 2.12. The summed E-state index contributed by atoms with van der Waals surface area (Å²) in [6, 6.07) is 10.4. The number of nitrogens with one attached hydrogen (secondary N) is 1. The van der Waals surface area contributed by atoms with Crippen LogP contribution in [0.3, 0.4) is 0 Å². The number of hydrogen-bond donors (Lipinski definition) is 1. The van der Waals surface area contributed by atoms with Gasteiger partial charge in [-0.1, -0.05) is 0 Å². The van der Waals surface area contributed by atoms with E-state index < -0.39 is 0 Å². The van der Waals surface area contributed by atoms with Crippen LogP contribution in [-0.2, 0) is 23.5 Å². The summed E-state index contributed by atoms with van der Waals surface area (Å²) in [5.74, 6) is 0. The minimum atomic E-state index is 0. The molecule has 5 heterocycles. The Morgan fingerprint density at radius 2 is 1.31 bits per heavy atom. The summed E-state index contributed by atoms with van der Waals surface area (Å²) in [5.41, 5.74) is 12.1. The molecule has 0 aromatic carbocycles. The van der Waals surface area contributed by atoms with Gasteiger partial charge in [0, 0.05) is 45.6 Å². The molecule has 29 heavy (non-hydrogen) atoms. The van der Waals surface area contributed by atoms with Crippen molar-refractivity contribution in [3.05, 3.63) is 69.8 Å². The molecule has 3 aromatic heterocycles. The molecule has 0 spiro atoms. The van der Waals surface area contributed by atoms with E-state index in [1.165, 1.54) is 27.7 Å². The zero-order valence-electron chi connectivity index (χ0n) is 16.9. The number of fused-ring (bicyclic) bond motifs is 8. The van der Waals surface area contributed by atoms with E-state index in [0.717, 1.165) is 33.8 Å². The number of aromatic amines is 1. The van der Waals surface area contributed by atoms with E-state index in [0.29, 0.717) is 0 Å². The van der Waals surface area contributed by atoms with Crippen molar-refractivity contribution in [3.8, 4) is 0 Å². The van der Waals surface area contributed by atoms with Crippen LogP contribution in [0.5, 0.6) is 0 Å². The molecule has 4 nitrogen and oxygen atoms in total.